The summed E-state index contributed by atoms with van der Waals surface area (Å²) < 4.78 is 11.2. The molecule has 3 aromatic carbocycles. The Bertz CT molecular complexity index is 1100. The second-order valence-corrected chi connectivity index (χ2v) is 6.34. The van der Waals surface area contributed by atoms with E-state index in [2.05, 4.69) is 10.2 Å². The topological polar surface area (TPSA) is 65.2 Å². The average Bonchev–Trinajstić information content (AvgIpc) is 3.19. The normalized spacial score (nSPS) is 10.6. The number of nitrogens with zero attached hydrogens (tertiary/aromatic N) is 2. The third kappa shape index (κ3) is 3.99. The Morgan fingerprint density at radius 2 is 1.64 bits per heavy atom. The van der Waals surface area contributed by atoms with Crippen LogP contribution in [0.4, 0.5) is 0 Å². The van der Waals surface area contributed by atoms with E-state index in [0.29, 0.717) is 18.1 Å². The first kappa shape index (κ1) is 17.7. The van der Waals surface area contributed by atoms with Gasteiger partial charge in [0.1, 0.15) is 12.4 Å². The Morgan fingerprint density at radius 1 is 0.893 bits per heavy atom. The fourth-order valence-electron chi connectivity index (χ4n) is 2.86. The predicted molar refractivity (Wildman–Crippen MR) is 105 cm³/mol. The highest BCUT2D eigenvalue weighted by Gasteiger charge is 2.16. The summed E-state index contributed by atoms with van der Waals surface area (Å²) in [5.41, 5.74) is 3.47. The maximum Gasteiger partial charge on any atom is 0.289 e. The number of benzene rings is 3. The van der Waals surface area contributed by atoms with Crippen LogP contribution in [0.1, 0.15) is 27.7 Å². The lowest BCUT2D eigenvalue weighted by Gasteiger charge is -2.09. The molecule has 0 atom stereocenters. The van der Waals surface area contributed by atoms with Crippen molar-refractivity contribution >= 4 is 5.78 Å². The number of ether oxygens (including phenoxy) is 1. The van der Waals surface area contributed by atoms with Crippen molar-refractivity contribution in [2.24, 2.45) is 0 Å². The van der Waals surface area contributed by atoms with E-state index in [4.69, 9.17) is 9.15 Å². The minimum atomic E-state index is -0.293. The van der Waals surface area contributed by atoms with Crippen LogP contribution in [0.2, 0.25) is 0 Å². The number of aryl methyl sites for hydroxylation is 1. The van der Waals surface area contributed by atoms with Crippen LogP contribution in [-0.4, -0.2) is 16.0 Å². The molecule has 0 amide bonds. The van der Waals surface area contributed by atoms with Crippen LogP contribution in [0.25, 0.3) is 11.1 Å². The van der Waals surface area contributed by atoms with Crippen LogP contribution < -0.4 is 4.74 Å². The molecule has 0 aliphatic carbocycles. The number of carbonyl (C=O) groups excluding carboxylic acids is 1. The van der Waals surface area contributed by atoms with E-state index in [1.165, 1.54) is 0 Å². The van der Waals surface area contributed by atoms with E-state index in [9.17, 15) is 4.79 Å². The molecule has 0 radical (unpaired) electrons. The first-order valence-electron chi connectivity index (χ1n) is 8.91. The van der Waals surface area contributed by atoms with Gasteiger partial charge >= 0.3 is 0 Å². The Balaban J connectivity index is 1.55. The lowest BCUT2D eigenvalue weighted by atomic mass is 10.0. The molecule has 0 fully saturated rings. The van der Waals surface area contributed by atoms with Gasteiger partial charge in [-0.05, 0) is 34.9 Å². The molecular weight excluding hydrogens is 352 g/mol. The molecule has 138 valence electrons. The summed E-state index contributed by atoms with van der Waals surface area (Å²) in [5, 5.41) is 7.52. The summed E-state index contributed by atoms with van der Waals surface area (Å²) in [5.74, 6) is 0.835. The van der Waals surface area contributed by atoms with Gasteiger partial charge in [0.25, 0.3) is 5.89 Å². The summed E-state index contributed by atoms with van der Waals surface area (Å²) in [4.78, 5) is 12.5. The fraction of sp³-hybridized carbons (Fsp3) is 0.0870. The van der Waals surface area contributed by atoms with Crippen molar-refractivity contribution in [2.45, 2.75) is 13.5 Å². The molecule has 0 unspecified atom stereocenters. The van der Waals surface area contributed by atoms with Gasteiger partial charge in [-0.25, -0.2) is 0 Å². The molecule has 0 spiro atoms. The largest absolute Gasteiger partial charge is 0.489 e. The van der Waals surface area contributed by atoms with Crippen LogP contribution >= 0.6 is 0 Å². The van der Waals surface area contributed by atoms with Gasteiger partial charge in [0.15, 0.2) is 0 Å². The predicted octanol–water partition coefficient (Wildman–Crippen LogP) is 4.86. The third-order valence-corrected chi connectivity index (χ3v) is 4.26. The molecule has 4 aromatic rings. The van der Waals surface area contributed by atoms with Gasteiger partial charge in [-0.15, -0.1) is 10.2 Å². The summed E-state index contributed by atoms with van der Waals surface area (Å²) in [6.07, 6.45) is 0. The van der Waals surface area contributed by atoms with Crippen LogP contribution in [-0.2, 0) is 6.61 Å². The van der Waals surface area contributed by atoms with E-state index >= 15 is 0 Å². The molecule has 4 rings (SSSR count). The summed E-state index contributed by atoms with van der Waals surface area (Å²) in [6.45, 7) is 2.15. The highest BCUT2D eigenvalue weighted by molar-refractivity contribution is 6.06. The van der Waals surface area contributed by atoms with Gasteiger partial charge in [-0.1, -0.05) is 60.7 Å². The first-order valence-corrected chi connectivity index (χ1v) is 8.91. The Kier molecular flexibility index (Phi) is 4.97. The second-order valence-electron chi connectivity index (χ2n) is 6.34. The minimum absolute atomic E-state index is 0.00500. The van der Waals surface area contributed by atoms with Crippen LogP contribution in [0.15, 0.2) is 83.3 Å². The Hall–Kier alpha value is -3.73. The lowest BCUT2D eigenvalue weighted by molar-refractivity contribution is 0.100. The van der Waals surface area contributed by atoms with Crippen molar-refractivity contribution in [1.82, 2.24) is 10.2 Å². The number of carbonyl (C=O) groups is 1. The standard InChI is InChI=1S/C23H18N2O3/c1-16-24-25-23(28-16)22(26)20-11-5-9-18(13-20)19-10-6-12-21(14-19)27-15-17-7-3-2-4-8-17/h2-14H,15H2,1H3. The van der Waals surface area contributed by atoms with Gasteiger partial charge in [0.05, 0.1) is 0 Å². The second kappa shape index (κ2) is 7.88. The van der Waals surface area contributed by atoms with E-state index in [0.717, 1.165) is 22.4 Å². The molecule has 28 heavy (non-hydrogen) atoms. The molecule has 0 saturated carbocycles. The molecule has 0 N–H and O–H groups in total. The molecule has 0 saturated heterocycles. The van der Waals surface area contributed by atoms with Gasteiger partial charge in [0.2, 0.25) is 11.7 Å². The van der Waals surface area contributed by atoms with Crippen molar-refractivity contribution in [3.05, 3.63) is 102 Å². The molecule has 5 nitrogen and oxygen atoms in total. The van der Waals surface area contributed by atoms with E-state index in [1.807, 2.05) is 72.8 Å². The number of rotatable bonds is 6. The van der Waals surface area contributed by atoms with Crippen molar-refractivity contribution in [3.8, 4) is 16.9 Å². The van der Waals surface area contributed by atoms with Crippen molar-refractivity contribution in [1.29, 1.82) is 0 Å². The van der Waals surface area contributed by atoms with Crippen LogP contribution in [0.3, 0.4) is 0 Å². The number of aromatic nitrogens is 2. The average molecular weight is 370 g/mol. The Morgan fingerprint density at radius 3 is 2.39 bits per heavy atom. The SMILES string of the molecule is Cc1nnc(C(=O)c2cccc(-c3cccc(OCc4ccccc4)c3)c2)o1. The van der Waals surface area contributed by atoms with E-state index in [-0.39, 0.29) is 11.7 Å². The number of ketones is 1. The molecular formula is C23H18N2O3. The Labute approximate surface area is 162 Å². The zero-order chi connectivity index (χ0) is 19.3. The van der Waals surface area contributed by atoms with Crippen molar-refractivity contribution < 1.29 is 13.9 Å². The zero-order valence-electron chi connectivity index (χ0n) is 15.3. The van der Waals surface area contributed by atoms with Crippen LogP contribution in [0, 0.1) is 6.92 Å². The summed E-state index contributed by atoms with van der Waals surface area (Å²) in [7, 11) is 0. The fourth-order valence-corrected chi connectivity index (χ4v) is 2.86. The maximum atomic E-state index is 12.5. The van der Waals surface area contributed by atoms with Gasteiger partial charge < -0.3 is 9.15 Å². The van der Waals surface area contributed by atoms with Gasteiger partial charge in [-0.2, -0.15) is 0 Å². The van der Waals surface area contributed by atoms with Crippen molar-refractivity contribution in [2.75, 3.05) is 0 Å². The van der Waals surface area contributed by atoms with Gasteiger partial charge in [-0.3, -0.25) is 4.79 Å². The number of hydrogen-bond donors (Lipinski definition) is 0. The first-order chi connectivity index (χ1) is 13.7. The highest BCUT2D eigenvalue weighted by atomic mass is 16.5. The summed E-state index contributed by atoms with van der Waals surface area (Å²) in [6, 6.07) is 25.2. The maximum absolute atomic E-state index is 12.5. The van der Waals surface area contributed by atoms with E-state index in [1.54, 1.807) is 13.0 Å². The van der Waals surface area contributed by atoms with Crippen molar-refractivity contribution in [3.63, 3.8) is 0 Å². The summed E-state index contributed by atoms with van der Waals surface area (Å²) >= 11 is 0. The molecule has 5 heteroatoms. The molecule has 0 bridgehead atoms. The van der Waals surface area contributed by atoms with E-state index < -0.39 is 0 Å². The molecule has 1 heterocycles. The minimum Gasteiger partial charge on any atom is -0.489 e. The van der Waals surface area contributed by atoms with Crippen LogP contribution in [0.5, 0.6) is 5.75 Å². The lowest BCUT2D eigenvalue weighted by Crippen LogP contribution is -2.02. The zero-order valence-corrected chi connectivity index (χ0v) is 15.3. The molecule has 1 aromatic heterocycles. The third-order valence-electron chi connectivity index (χ3n) is 4.26. The quantitative estimate of drug-likeness (QED) is 0.454. The van der Waals surface area contributed by atoms with Gasteiger partial charge in [0, 0.05) is 12.5 Å². The highest BCUT2D eigenvalue weighted by Crippen LogP contribution is 2.26. The molecule has 0 aliphatic rings. The monoisotopic (exact) mass is 370 g/mol. The smallest absolute Gasteiger partial charge is 0.289 e. The molecule has 0 aliphatic heterocycles. The number of hydrogen-bond acceptors (Lipinski definition) is 5.